The number of rotatable bonds is 5. The lowest BCUT2D eigenvalue weighted by atomic mass is 9.83. The van der Waals surface area contributed by atoms with Gasteiger partial charge in [0, 0.05) is 4.88 Å². The number of aryl methyl sites for hydroxylation is 2. The molecule has 0 unspecified atom stereocenters. The number of nitrogens with one attached hydrogen (secondary N) is 1. The first kappa shape index (κ1) is 21.0. The molecule has 0 saturated heterocycles. The molecule has 1 aliphatic rings. The average Bonchev–Trinajstić information content (AvgIpc) is 2.99. The second-order valence-electron chi connectivity index (χ2n) is 7.52. The van der Waals surface area contributed by atoms with E-state index in [1.165, 1.54) is 29.2 Å². The fourth-order valence-electron chi connectivity index (χ4n) is 3.57. The van der Waals surface area contributed by atoms with Crippen LogP contribution in [0.4, 0.5) is 0 Å². The van der Waals surface area contributed by atoms with Gasteiger partial charge in [-0.2, -0.15) is 5.26 Å². The van der Waals surface area contributed by atoms with Crippen molar-refractivity contribution in [2.75, 3.05) is 0 Å². The van der Waals surface area contributed by atoms with Crippen molar-refractivity contribution < 1.29 is 14.3 Å². The second kappa shape index (κ2) is 8.33. The number of aromatic nitrogens is 2. The van der Waals surface area contributed by atoms with E-state index in [-0.39, 0.29) is 12.1 Å². The van der Waals surface area contributed by atoms with Gasteiger partial charge in [-0.3, -0.25) is 19.0 Å². The van der Waals surface area contributed by atoms with Gasteiger partial charge >= 0.3 is 5.97 Å². The highest BCUT2D eigenvalue weighted by Crippen LogP contribution is 2.28. The van der Waals surface area contributed by atoms with E-state index >= 15 is 0 Å². The summed E-state index contributed by atoms with van der Waals surface area (Å²) in [6, 6.07) is 2.20. The van der Waals surface area contributed by atoms with Gasteiger partial charge in [-0.1, -0.05) is 19.3 Å². The fraction of sp³-hybridized carbons (Fsp3) is 0.550. The summed E-state index contributed by atoms with van der Waals surface area (Å²) in [7, 11) is 0. The molecule has 0 bridgehead atoms. The topological polar surface area (TPSA) is 114 Å². The number of hydrogen-bond donors (Lipinski definition) is 1. The smallest absolute Gasteiger partial charge is 0.326 e. The number of thiophene rings is 1. The number of carbonyl (C=O) groups excluding carboxylic acids is 2. The lowest BCUT2D eigenvalue weighted by molar-refractivity contribution is -0.156. The van der Waals surface area contributed by atoms with Crippen molar-refractivity contribution in [1.29, 1.82) is 5.26 Å². The first-order valence-electron chi connectivity index (χ1n) is 9.64. The quantitative estimate of drug-likeness (QED) is 0.749. The second-order valence-corrected chi connectivity index (χ2v) is 8.72. The zero-order valence-corrected chi connectivity index (χ0v) is 17.6. The van der Waals surface area contributed by atoms with Crippen LogP contribution in [0.2, 0.25) is 0 Å². The minimum absolute atomic E-state index is 0.309. The van der Waals surface area contributed by atoms with Crippen molar-refractivity contribution in [1.82, 2.24) is 14.9 Å². The average molecular weight is 417 g/mol. The molecule has 154 valence electrons. The summed E-state index contributed by atoms with van der Waals surface area (Å²) in [6.45, 7) is 4.89. The molecular formula is C20H24N4O4S. The lowest BCUT2D eigenvalue weighted by Gasteiger charge is -2.32. The Morgan fingerprint density at radius 2 is 2.07 bits per heavy atom. The van der Waals surface area contributed by atoms with Crippen molar-refractivity contribution in [3.8, 4) is 6.07 Å². The molecule has 1 aliphatic carbocycles. The molecule has 2 aromatic rings. The van der Waals surface area contributed by atoms with Crippen LogP contribution in [0.15, 0.2) is 11.1 Å². The first-order chi connectivity index (χ1) is 13.8. The van der Waals surface area contributed by atoms with Crippen molar-refractivity contribution in [2.45, 2.75) is 71.1 Å². The summed E-state index contributed by atoms with van der Waals surface area (Å²) in [5, 5.41) is 12.7. The molecule has 2 aromatic heterocycles. The highest BCUT2D eigenvalue weighted by Gasteiger charge is 2.35. The summed E-state index contributed by atoms with van der Waals surface area (Å²) in [4.78, 5) is 43.3. The van der Waals surface area contributed by atoms with Crippen LogP contribution in [0.25, 0.3) is 10.2 Å². The molecule has 0 spiro atoms. The van der Waals surface area contributed by atoms with E-state index in [1.54, 1.807) is 0 Å². The van der Waals surface area contributed by atoms with Crippen LogP contribution in [0.1, 0.15) is 49.5 Å². The normalized spacial score (nSPS) is 16.8. The largest absolute Gasteiger partial charge is 0.451 e. The van der Waals surface area contributed by atoms with Gasteiger partial charge in [-0.15, -0.1) is 11.3 Å². The molecule has 9 heteroatoms. The third-order valence-corrected chi connectivity index (χ3v) is 6.53. The number of carbonyl (C=O) groups is 2. The summed E-state index contributed by atoms with van der Waals surface area (Å²) in [5.41, 5.74) is -0.347. The van der Waals surface area contributed by atoms with Crippen molar-refractivity contribution in [3.05, 3.63) is 27.1 Å². The minimum Gasteiger partial charge on any atom is -0.451 e. The number of nitriles is 1. The Morgan fingerprint density at radius 3 is 2.72 bits per heavy atom. The fourth-order valence-corrected chi connectivity index (χ4v) is 4.55. The van der Waals surface area contributed by atoms with Crippen LogP contribution < -0.4 is 10.9 Å². The van der Waals surface area contributed by atoms with Gasteiger partial charge in [0.2, 0.25) is 0 Å². The molecule has 29 heavy (non-hydrogen) atoms. The van der Waals surface area contributed by atoms with Crippen molar-refractivity contribution in [3.63, 3.8) is 0 Å². The summed E-state index contributed by atoms with van der Waals surface area (Å²) >= 11 is 1.43. The van der Waals surface area contributed by atoms with Gasteiger partial charge in [-0.05, 0) is 39.2 Å². The van der Waals surface area contributed by atoms with Gasteiger partial charge in [0.1, 0.15) is 16.9 Å². The highest BCUT2D eigenvalue weighted by molar-refractivity contribution is 7.18. The third-order valence-electron chi connectivity index (χ3n) is 5.42. The first-order valence-corrected chi connectivity index (χ1v) is 10.5. The molecule has 2 heterocycles. The molecule has 0 aliphatic heterocycles. The van der Waals surface area contributed by atoms with Crippen LogP contribution >= 0.6 is 11.3 Å². The number of esters is 1. The van der Waals surface area contributed by atoms with E-state index in [0.717, 1.165) is 29.7 Å². The third kappa shape index (κ3) is 4.32. The molecule has 0 aromatic carbocycles. The predicted octanol–water partition coefficient (Wildman–Crippen LogP) is 2.35. The van der Waals surface area contributed by atoms with E-state index < -0.39 is 23.5 Å². The highest BCUT2D eigenvalue weighted by atomic mass is 32.1. The molecule has 1 N–H and O–H groups in total. The Morgan fingerprint density at radius 1 is 1.38 bits per heavy atom. The monoisotopic (exact) mass is 416 g/mol. The van der Waals surface area contributed by atoms with Gasteiger partial charge in [0.25, 0.3) is 11.5 Å². The number of hydrogen-bond acceptors (Lipinski definition) is 7. The van der Waals surface area contributed by atoms with Crippen LogP contribution in [0.5, 0.6) is 0 Å². The zero-order valence-electron chi connectivity index (χ0n) is 16.8. The van der Waals surface area contributed by atoms with E-state index in [1.807, 2.05) is 13.8 Å². The predicted molar refractivity (Wildman–Crippen MR) is 108 cm³/mol. The Bertz CT molecular complexity index is 1040. The standard InChI is InChI=1S/C20H24N4O4S/c1-12-14(3)29-18-16(12)19(27)24(11-22-18)9-15(25)28-13(2)17(26)23-20(10-21)7-5-4-6-8-20/h11,13H,4-9H2,1-3H3,(H,23,26)/t13-/m0/s1. The van der Waals surface area contributed by atoms with E-state index in [2.05, 4.69) is 16.4 Å². The number of amides is 1. The lowest BCUT2D eigenvalue weighted by Crippen LogP contribution is -2.52. The number of nitrogens with zero attached hydrogens (tertiary/aromatic N) is 3. The van der Waals surface area contributed by atoms with E-state index in [9.17, 15) is 19.6 Å². The molecule has 8 nitrogen and oxygen atoms in total. The van der Waals surface area contributed by atoms with Crippen LogP contribution in [-0.4, -0.2) is 33.1 Å². The maximum Gasteiger partial charge on any atom is 0.326 e. The Hall–Kier alpha value is -2.73. The maximum absolute atomic E-state index is 12.7. The van der Waals surface area contributed by atoms with Crippen LogP contribution in [0.3, 0.4) is 0 Å². The minimum atomic E-state index is -1.06. The SMILES string of the molecule is Cc1sc2ncn(CC(=O)O[C@@H](C)C(=O)NC3(C#N)CCCCC3)c(=O)c2c1C. The van der Waals surface area contributed by atoms with Crippen molar-refractivity contribution in [2.24, 2.45) is 0 Å². The molecule has 1 atom stereocenters. The molecule has 1 saturated carbocycles. The van der Waals surface area contributed by atoms with Gasteiger partial charge < -0.3 is 10.1 Å². The van der Waals surface area contributed by atoms with Crippen molar-refractivity contribution >= 4 is 33.4 Å². The number of ether oxygens (including phenoxy) is 1. The van der Waals surface area contributed by atoms with Gasteiger partial charge in [-0.25, -0.2) is 4.98 Å². The van der Waals surface area contributed by atoms with Gasteiger partial charge in [0.15, 0.2) is 6.10 Å². The summed E-state index contributed by atoms with van der Waals surface area (Å²) in [6.07, 6.45) is 4.24. The molecule has 1 amide bonds. The Kier molecular flexibility index (Phi) is 6.03. The summed E-state index contributed by atoms with van der Waals surface area (Å²) < 4.78 is 6.39. The zero-order chi connectivity index (χ0) is 21.2. The number of fused-ring (bicyclic) bond motifs is 1. The molecule has 1 fully saturated rings. The Balaban J connectivity index is 1.66. The molecule has 3 rings (SSSR count). The van der Waals surface area contributed by atoms with Gasteiger partial charge in [0.05, 0.1) is 17.8 Å². The Labute approximate surface area is 172 Å². The molecule has 0 radical (unpaired) electrons. The molecular weight excluding hydrogens is 392 g/mol. The summed E-state index contributed by atoms with van der Waals surface area (Å²) in [5.74, 6) is -1.22. The van der Waals surface area contributed by atoms with Crippen LogP contribution in [0, 0.1) is 25.2 Å². The maximum atomic E-state index is 12.7. The van der Waals surface area contributed by atoms with E-state index in [0.29, 0.717) is 23.1 Å². The van der Waals surface area contributed by atoms with Crippen LogP contribution in [-0.2, 0) is 20.9 Å². The van der Waals surface area contributed by atoms with E-state index in [4.69, 9.17) is 4.74 Å².